The number of hydrogen-bond donors (Lipinski definition) is 2. The van der Waals surface area contributed by atoms with Gasteiger partial charge in [0.25, 0.3) is 0 Å². The van der Waals surface area contributed by atoms with E-state index in [9.17, 15) is 14.4 Å². The minimum Gasteiger partial charge on any atom is -0.476 e. The summed E-state index contributed by atoms with van der Waals surface area (Å²) in [5, 5.41) is 11.6. The van der Waals surface area contributed by atoms with Crippen molar-refractivity contribution in [2.45, 2.75) is 66.7 Å². The molecule has 186 valence electrons. The maximum absolute atomic E-state index is 12.5. The van der Waals surface area contributed by atoms with E-state index in [1.54, 1.807) is 24.3 Å². The molecular weight excluding hydrogens is 438 g/mol. The van der Waals surface area contributed by atoms with Gasteiger partial charge < -0.3 is 10.4 Å². The summed E-state index contributed by atoms with van der Waals surface area (Å²) in [6.07, 6.45) is 15.5. The van der Waals surface area contributed by atoms with Crippen LogP contribution in [0.1, 0.15) is 65.9 Å². The van der Waals surface area contributed by atoms with E-state index in [1.807, 2.05) is 25.2 Å². The molecule has 0 radical (unpaired) electrons. The molecule has 0 fully saturated rings. The number of nitrogens with one attached hydrogen (secondary N) is 1. The summed E-state index contributed by atoms with van der Waals surface area (Å²) in [4.78, 5) is 34.6. The average Bonchev–Trinajstić information content (AvgIpc) is 2.77. The number of allylic oxidation sites excluding steroid dienone is 9. The number of rotatable bonds is 10. The van der Waals surface area contributed by atoms with Crippen molar-refractivity contribution in [2.24, 2.45) is 5.41 Å². The molecular formula is C30H37NO4. The van der Waals surface area contributed by atoms with Crippen molar-refractivity contribution in [3.8, 4) is 0 Å². The van der Waals surface area contributed by atoms with Gasteiger partial charge in [-0.05, 0) is 74.6 Å². The first-order valence-corrected chi connectivity index (χ1v) is 12.1. The van der Waals surface area contributed by atoms with E-state index in [4.69, 9.17) is 5.11 Å². The van der Waals surface area contributed by atoms with E-state index >= 15 is 0 Å². The fourth-order valence-corrected chi connectivity index (χ4v) is 4.27. The minimum atomic E-state index is -1.44. The Morgan fingerprint density at radius 2 is 1.80 bits per heavy atom. The lowest BCUT2D eigenvalue weighted by Gasteiger charge is -2.32. The number of hydrogen-bond acceptors (Lipinski definition) is 3. The molecule has 0 bridgehead atoms. The predicted molar refractivity (Wildman–Crippen MR) is 142 cm³/mol. The van der Waals surface area contributed by atoms with Gasteiger partial charge in [-0.2, -0.15) is 0 Å². The monoisotopic (exact) mass is 475 g/mol. The maximum atomic E-state index is 12.5. The Balaban J connectivity index is 1.99. The SMILES string of the molecule is CC1=C(/C=C/C(C)=C/C=C/C(C)=C/C(=O)Nc2ccccc2CCC(=O)C(=O)O)C(C)(C)CCC1. The number of aryl methyl sites for hydroxylation is 1. The van der Waals surface area contributed by atoms with Crippen LogP contribution in [0.25, 0.3) is 0 Å². The molecule has 0 heterocycles. The fourth-order valence-electron chi connectivity index (χ4n) is 4.27. The molecule has 1 aromatic rings. The highest BCUT2D eigenvalue weighted by Crippen LogP contribution is 2.40. The molecule has 0 unspecified atom stereocenters. The zero-order chi connectivity index (χ0) is 26.0. The molecule has 2 N–H and O–H groups in total. The normalized spacial score (nSPS) is 16.7. The number of Topliss-reactive ketones (excluding diaryl/α,β-unsaturated/α-hetero) is 1. The van der Waals surface area contributed by atoms with Crippen molar-refractivity contribution in [1.29, 1.82) is 0 Å². The van der Waals surface area contributed by atoms with Gasteiger partial charge in [-0.25, -0.2) is 4.79 Å². The first-order valence-electron chi connectivity index (χ1n) is 12.1. The zero-order valence-corrected chi connectivity index (χ0v) is 21.5. The molecule has 1 amide bonds. The molecule has 1 aliphatic rings. The quantitative estimate of drug-likeness (QED) is 0.223. The second kappa shape index (κ2) is 12.8. The van der Waals surface area contributed by atoms with E-state index < -0.39 is 11.8 Å². The summed E-state index contributed by atoms with van der Waals surface area (Å²) < 4.78 is 0. The van der Waals surface area contributed by atoms with Gasteiger partial charge in [0.1, 0.15) is 0 Å². The summed E-state index contributed by atoms with van der Waals surface area (Å²) >= 11 is 0. The number of ketones is 1. The highest BCUT2D eigenvalue weighted by Gasteiger charge is 2.26. The topological polar surface area (TPSA) is 83.5 Å². The van der Waals surface area contributed by atoms with E-state index in [-0.39, 0.29) is 24.2 Å². The number of carbonyl (C=O) groups is 3. The number of amides is 1. The molecule has 0 atom stereocenters. The lowest BCUT2D eigenvalue weighted by Crippen LogP contribution is -2.19. The molecule has 5 heteroatoms. The average molecular weight is 476 g/mol. The van der Waals surface area contributed by atoms with Crippen LogP contribution in [0.15, 0.2) is 83.0 Å². The Bertz CT molecular complexity index is 1110. The van der Waals surface area contributed by atoms with Crippen molar-refractivity contribution in [3.63, 3.8) is 0 Å². The number of carboxylic acids is 1. The first kappa shape index (κ1) is 27.8. The van der Waals surface area contributed by atoms with Crippen LogP contribution >= 0.6 is 0 Å². The van der Waals surface area contributed by atoms with Crippen LogP contribution in [0.5, 0.6) is 0 Å². The number of carbonyl (C=O) groups excluding carboxylic acids is 2. The van der Waals surface area contributed by atoms with Crippen LogP contribution in [0.4, 0.5) is 5.69 Å². The maximum Gasteiger partial charge on any atom is 0.372 e. The summed E-state index contributed by atoms with van der Waals surface area (Å²) in [6.45, 7) is 10.8. The summed E-state index contributed by atoms with van der Waals surface area (Å²) in [5.74, 6) is -2.58. The molecule has 1 aliphatic carbocycles. The molecule has 0 aromatic heterocycles. The molecule has 0 spiro atoms. The third kappa shape index (κ3) is 9.01. The standard InChI is InChI=1S/C30H37NO4/c1-21(15-17-25-23(3)12-9-19-30(25,4)5)10-8-11-22(2)20-28(33)31-26-14-7-6-13-24(26)16-18-27(32)29(34)35/h6-8,10-11,13-15,17,20H,9,12,16,18-19H2,1-5H3,(H,31,33)(H,34,35)/b11-8+,17-15+,21-10+,22-20+. The Kier molecular flexibility index (Phi) is 10.2. The number of benzene rings is 1. The second-order valence-electron chi connectivity index (χ2n) is 9.80. The zero-order valence-electron chi connectivity index (χ0n) is 21.5. The molecule has 1 aromatic carbocycles. The van der Waals surface area contributed by atoms with Gasteiger partial charge in [0.2, 0.25) is 11.7 Å². The van der Waals surface area contributed by atoms with Crippen LogP contribution in [0, 0.1) is 5.41 Å². The molecule has 0 saturated carbocycles. The summed E-state index contributed by atoms with van der Waals surface area (Å²) in [5.41, 5.74) is 6.33. The van der Waals surface area contributed by atoms with Crippen LogP contribution < -0.4 is 5.32 Å². The third-order valence-corrected chi connectivity index (χ3v) is 6.27. The number of carboxylic acid groups (broad SMARTS) is 1. The summed E-state index contributed by atoms with van der Waals surface area (Å²) in [7, 11) is 0. The smallest absolute Gasteiger partial charge is 0.372 e. The van der Waals surface area contributed by atoms with Gasteiger partial charge in [0.05, 0.1) is 0 Å². The van der Waals surface area contributed by atoms with Gasteiger partial charge >= 0.3 is 5.97 Å². The van der Waals surface area contributed by atoms with Crippen LogP contribution in [0.3, 0.4) is 0 Å². The molecule has 2 rings (SSSR count). The Morgan fingerprint density at radius 3 is 2.49 bits per heavy atom. The Labute approximate surface area is 209 Å². The van der Waals surface area contributed by atoms with E-state index in [2.05, 4.69) is 45.2 Å². The minimum absolute atomic E-state index is 0.117. The van der Waals surface area contributed by atoms with Crippen molar-refractivity contribution >= 4 is 23.3 Å². The molecule has 0 saturated heterocycles. The van der Waals surface area contributed by atoms with Gasteiger partial charge in [-0.1, -0.05) is 73.6 Å². The third-order valence-electron chi connectivity index (χ3n) is 6.27. The number of para-hydroxylation sites is 1. The Morgan fingerprint density at radius 1 is 1.09 bits per heavy atom. The molecule has 35 heavy (non-hydrogen) atoms. The first-order chi connectivity index (χ1) is 16.5. The van der Waals surface area contributed by atoms with Crippen LogP contribution in [-0.2, 0) is 20.8 Å². The van der Waals surface area contributed by atoms with Gasteiger partial charge in [-0.3, -0.25) is 9.59 Å². The summed E-state index contributed by atoms with van der Waals surface area (Å²) in [6, 6.07) is 7.08. The van der Waals surface area contributed by atoms with Gasteiger partial charge in [-0.15, -0.1) is 0 Å². The van der Waals surface area contributed by atoms with Gasteiger partial charge in [0.15, 0.2) is 0 Å². The predicted octanol–water partition coefficient (Wildman–Crippen LogP) is 6.74. The van der Waals surface area contributed by atoms with E-state index in [1.165, 1.54) is 36.5 Å². The lowest BCUT2D eigenvalue weighted by molar-refractivity contribution is -0.149. The number of aliphatic carboxylic acids is 1. The van der Waals surface area contributed by atoms with Crippen LogP contribution in [0.2, 0.25) is 0 Å². The second-order valence-corrected chi connectivity index (χ2v) is 9.80. The van der Waals surface area contributed by atoms with Crippen molar-refractivity contribution in [1.82, 2.24) is 0 Å². The molecule has 5 nitrogen and oxygen atoms in total. The van der Waals surface area contributed by atoms with Gasteiger partial charge in [0, 0.05) is 18.2 Å². The molecule has 0 aliphatic heterocycles. The largest absolute Gasteiger partial charge is 0.476 e. The van der Waals surface area contributed by atoms with Crippen LogP contribution in [-0.4, -0.2) is 22.8 Å². The highest BCUT2D eigenvalue weighted by molar-refractivity contribution is 6.32. The Hall–Kier alpha value is -3.47. The number of anilines is 1. The lowest BCUT2D eigenvalue weighted by atomic mass is 9.72. The van der Waals surface area contributed by atoms with Crippen molar-refractivity contribution in [3.05, 3.63) is 88.6 Å². The van der Waals surface area contributed by atoms with Crippen molar-refractivity contribution < 1.29 is 19.5 Å². The highest BCUT2D eigenvalue weighted by atomic mass is 16.4. The fraction of sp³-hybridized carbons (Fsp3) is 0.367. The van der Waals surface area contributed by atoms with E-state index in [0.717, 1.165) is 11.1 Å². The van der Waals surface area contributed by atoms with Crippen molar-refractivity contribution in [2.75, 3.05) is 5.32 Å². The van der Waals surface area contributed by atoms with E-state index in [0.29, 0.717) is 11.3 Å².